The molecule has 0 saturated carbocycles. The first-order valence-electron chi connectivity index (χ1n) is 2.55. The second-order valence-electron chi connectivity index (χ2n) is 2.62. The summed E-state index contributed by atoms with van der Waals surface area (Å²) in [6.45, 7) is 4.95. The molecule has 0 aromatic rings. The Morgan fingerprint density at radius 1 is 1.30 bits per heavy atom. The average molecular weight is 186 g/mol. The van der Waals surface area contributed by atoms with E-state index in [1.165, 1.54) is 0 Å². The molecule has 0 aromatic heterocycles. The minimum absolute atomic E-state index is 0.650. The van der Waals surface area contributed by atoms with E-state index in [1.807, 2.05) is 0 Å². The summed E-state index contributed by atoms with van der Waals surface area (Å²) < 4.78 is 33.4. The normalized spacial score (nSPS) is 18.4. The lowest BCUT2D eigenvalue weighted by molar-refractivity contribution is 0.156. The topological polar surface area (TPSA) is 63.6 Å². The van der Waals surface area contributed by atoms with E-state index in [4.69, 9.17) is 4.55 Å². The van der Waals surface area contributed by atoms with Gasteiger partial charge in [0.15, 0.2) is 0 Å². The summed E-state index contributed by atoms with van der Waals surface area (Å²) in [6, 6.07) is 0. The van der Waals surface area contributed by atoms with E-state index in [9.17, 15) is 8.42 Å². The van der Waals surface area contributed by atoms with Gasteiger partial charge >= 0.3 is 0 Å². The Hall–Kier alpha value is 0.220. The van der Waals surface area contributed by atoms with Crippen molar-refractivity contribution in [2.24, 2.45) is 0 Å². The lowest BCUT2D eigenvalue weighted by atomic mass is 10.2. The first-order chi connectivity index (χ1) is 4.33. The molecular formula is C4H10O4S2. The molecule has 2 atom stereocenters. The van der Waals surface area contributed by atoms with E-state index in [0.29, 0.717) is 0 Å². The molecule has 0 rings (SSSR count). The first kappa shape index (κ1) is 10.2. The summed E-state index contributed by atoms with van der Waals surface area (Å²) in [5.74, 6) is 0. The molecule has 0 aliphatic heterocycles. The zero-order valence-electron chi connectivity index (χ0n) is 5.99. The zero-order chi connectivity index (χ0) is 8.36. The van der Waals surface area contributed by atoms with Crippen LogP contribution in [0, 0.1) is 0 Å². The van der Waals surface area contributed by atoms with Crippen LogP contribution in [0.1, 0.15) is 20.8 Å². The number of hydrogen-bond acceptors (Lipinski definition) is 3. The Morgan fingerprint density at radius 3 is 1.80 bits per heavy atom. The molecule has 0 saturated heterocycles. The van der Waals surface area contributed by atoms with Crippen molar-refractivity contribution in [3.63, 3.8) is 0 Å². The van der Waals surface area contributed by atoms with Crippen LogP contribution in [0.25, 0.3) is 0 Å². The second kappa shape index (κ2) is 3.56. The van der Waals surface area contributed by atoms with Gasteiger partial charge in [-0.1, -0.05) is 0 Å². The quantitative estimate of drug-likeness (QED) is 0.506. The van der Waals surface area contributed by atoms with Gasteiger partial charge in [0.2, 0.25) is 0 Å². The first-order valence-corrected chi connectivity index (χ1v) is 5.25. The molecule has 0 fully saturated rings. The van der Waals surface area contributed by atoms with Crippen molar-refractivity contribution in [3.8, 4) is 0 Å². The van der Waals surface area contributed by atoms with Gasteiger partial charge in [-0.3, -0.25) is 8.74 Å². The minimum atomic E-state index is -2.41. The third-order valence-corrected chi connectivity index (χ3v) is 2.21. The molecule has 0 heterocycles. The fourth-order valence-corrected chi connectivity index (χ4v) is 1.49. The maximum atomic E-state index is 10.5. The van der Waals surface area contributed by atoms with Gasteiger partial charge in [0.05, 0.1) is 5.60 Å². The van der Waals surface area contributed by atoms with Crippen molar-refractivity contribution in [2.45, 2.75) is 26.4 Å². The van der Waals surface area contributed by atoms with Crippen molar-refractivity contribution < 1.29 is 17.2 Å². The van der Waals surface area contributed by atoms with Gasteiger partial charge in [0.1, 0.15) is 0 Å². The molecule has 4 nitrogen and oxygen atoms in total. The van der Waals surface area contributed by atoms with Crippen LogP contribution in [0.4, 0.5) is 0 Å². The van der Waals surface area contributed by atoms with Crippen LogP contribution in [0.5, 0.6) is 0 Å². The molecule has 62 valence electrons. The molecule has 0 spiro atoms. The second-order valence-corrected chi connectivity index (χ2v) is 5.30. The summed E-state index contributed by atoms with van der Waals surface area (Å²) >= 11 is 0. The molecule has 0 aromatic carbocycles. The molecule has 0 aliphatic carbocycles. The largest absolute Gasteiger partial charge is 0.294 e. The molecule has 0 bridgehead atoms. The predicted octanol–water partition coefficient (Wildman–Crippen LogP) is 0.602. The maximum absolute atomic E-state index is 10.5. The van der Waals surface area contributed by atoms with E-state index in [2.05, 4.69) is 4.18 Å². The van der Waals surface area contributed by atoms with E-state index in [0.717, 1.165) is 0 Å². The van der Waals surface area contributed by atoms with Gasteiger partial charge in [-0.2, -0.15) is 0 Å². The van der Waals surface area contributed by atoms with Crippen molar-refractivity contribution in [1.82, 2.24) is 0 Å². The Bertz CT molecular complexity index is 159. The molecule has 6 heteroatoms. The van der Waals surface area contributed by atoms with Gasteiger partial charge in [-0.15, -0.1) is 0 Å². The van der Waals surface area contributed by atoms with Crippen molar-refractivity contribution in [3.05, 3.63) is 0 Å². The van der Waals surface area contributed by atoms with E-state index >= 15 is 0 Å². The van der Waals surface area contributed by atoms with Gasteiger partial charge in [-0.25, -0.2) is 8.42 Å². The SMILES string of the molecule is CC(C)(C)OS(=O)S(=O)O. The van der Waals surface area contributed by atoms with Crippen molar-refractivity contribution in [1.29, 1.82) is 0 Å². The van der Waals surface area contributed by atoms with Crippen molar-refractivity contribution >= 4 is 20.2 Å². The van der Waals surface area contributed by atoms with Gasteiger partial charge < -0.3 is 0 Å². The summed E-state index contributed by atoms with van der Waals surface area (Å²) in [5, 5.41) is 0. The molecule has 10 heavy (non-hydrogen) atoms. The van der Waals surface area contributed by atoms with E-state index < -0.39 is 25.8 Å². The molecule has 0 amide bonds. The highest BCUT2D eigenvalue weighted by molar-refractivity contribution is 8.56. The summed E-state index contributed by atoms with van der Waals surface area (Å²) in [5.41, 5.74) is -0.650. The Morgan fingerprint density at radius 2 is 1.70 bits per heavy atom. The van der Waals surface area contributed by atoms with Gasteiger partial charge in [0, 0.05) is 0 Å². The lowest BCUT2D eigenvalue weighted by Gasteiger charge is -2.15. The maximum Gasteiger partial charge on any atom is 0.277 e. The van der Waals surface area contributed by atoms with Crippen LogP contribution in [-0.4, -0.2) is 18.6 Å². The third-order valence-electron chi connectivity index (χ3n) is 0.434. The molecule has 1 N–H and O–H groups in total. The van der Waals surface area contributed by atoms with Crippen LogP contribution in [-0.2, 0) is 24.4 Å². The van der Waals surface area contributed by atoms with Crippen LogP contribution in [0.15, 0.2) is 0 Å². The molecular weight excluding hydrogens is 176 g/mol. The summed E-state index contributed by atoms with van der Waals surface area (Å²) in [4.78, 5) is 0. The summed E-state index contributed by atoms with van der Waals surface area (Å²) in [6.07, 6.45) is 0. The minimum Gasteiger partial charge on any atom is -0.294 e. The number of rotatable bonds is 2. The highest BCUT2D eigenvalue weighted by Gasteiger charge is 2.18. The van der Waals surface area contributed by atoms with Crippen LogP contribution < -0.4 is 0 Å². The Labute approximate surface area is 64.3 Å². The molecule has 0 radical (unpaired) electrons. The smallest absolute Gasteiger partial charge is 0.277 e. The monoisotopic (exact) mass is 186 g/mol. The van der Waals surface area contributed by atoms with E-state index in [1.54, 1.807) is 20.8 Å². The third kappa shape index (κ3) is 5.04. The summed E-state index contributed by atoms with van der Waals surface area (Å²) in [7, 11) is -4.52. The van der Waals surface area contributed by atoms with Gasteiger partial charge in [0.25, 0.3) is 20.2 Å². The van der Waals surface area contributed by atoms with E-state index in [-0.39, 0.29) is 0 Å². The van der Waals surface area contributed by atoms with Crippen molar-refractivity contribution in [2.75, 3.05) is 0 Å². The standard InChI is InChI=1S/C4H10O4S2/c1-4(2,3)8-10(7)9(5)6/h1-3H3,(H,5,6). The lowest BCUT2D eigenvalue weighted by Crippen LogP contribution is -2.22. The molecule has 2 unspecified atom stereocenters. The van der Waals surface area contributed by atoms with Gasteiger partial charge in [-0.05, 0) is 20.8 Å². The fraction of sp³-hybridized carbons (Fsp3) is 1.00. The van der Waals surface area contributed by atoms with Crippen LogP contribution >= 0.6 is 0 Å². The highest BCUT2D eigenvalue weighted by Crippen LogP contribution is 2.09. The zero-order valence-corrected chi connectivity index (χ0v) is 7.62. The van der Waals surface area contributed by atoms with Crippen LogP contribution in [0.2, 0.25) is 0 Å². The highest BCUT2D eigenvalue weighted by atomic mass is 33.2. The number of hydrogen-bond donors (Lipinski definition) is 1. The Balaban J connectivity index is 3.93. The predicted molar refractivity (Wildman–Crippen MR) is 39.8 cm³/mol. The van der Waals surface area contributed by atoms with Crippen LogP contribution in [0.3, 0.4) is 0 Å². The molecule has 0 aliphatic rings. The Kier molecular flexibility index (Phi) is 3.64. The average Bonchev–Trinajstić information content (AvgIpc) is 1.60. The fourth-order valence-electron chi connectivity index (χ4n) is 0.233.